The maximum atomic E-state index is 14.2. The lowest BCUT2D eigenvalue weighted by Gasteiger charge is -2.27. The molecule has 0 spiro atoms. The molecular weight excluding hydrogens is 552 g/mol. The molecule has 2 aliphatic heterocycles. The summed E-state index contributed by atoms with van der Waals surface area (Å²) in [7, 11) is 1.86. The average molecular weight is 601 g/mol. The van der Waals surface area contributed by atoms with Crippen LogP contribution in [0.25, 0.3) is 10.9 Å². The molecule has 2 saturated carbocycles. The van der Waals surface area contributed by atoms with Gasteiger partial charge in [-0.1, -0.05) is 38.3 Å². The molecule has 3 atom stereocenters. The van der Waals surface area contributed by atoms with Gasteiger partial charge in [-0.05, 0) is 75.5 Å². The van der Waals surface area contributed by atoms with Crippen molar-refractivity contribution in [2.75, 3.05) is 25.5 Å². The lowest BCUT2D eigenvalue weighted by molar-refractivity contribution is -0.139. The van der Waals surface area contributed by atoms with E-state index in [0.29, 0.717) is 43.7 Å². The number of allylic oxidation sites excluding steroid dienone is 2. The molecule has 1 aromatic heterocycles. The van der Waals surface area contributed by atoms with Gasteiger partial charge < -0.3 is 19.7 Å². The Hall–Kier alpha value is -3.42. The highest BCUT2D eigenvalue weighted by Gasteiger charge is 2.67. The van der Waals surface area contributed by atoms with E-state index in [-0.39, 0.29) is 41.4 Å². The highest BCUT2D eigenvalue weighted by Crippen LogP contribution is 2.60. The first-order chi connectivity index (χ1) is 21.2. The molecule has 3 fully saturated rings. The first-order valence-corrected chi connectivity index (χ1v) is 16.8. The first-order valence-electron chi connectivity index (χ1n) is 16.8. The number of hydrogen-bond donors (Lipinski definition) is 1. The molecule has 2 aliphatic carbocycles. The fourth-order valence-corrected chi connectivity index (χ4v) is 8.25. The number of nitrogens with one attached hydrogen (secondary N) is 1. The second-order valence-corrected chi connectivity index (χ2v) is 13.9. The van der Waals surface area contributed by atoms with Gasteiger partial charge in [0.2, 0.25) is 11.8 Å². The second kappa shape index (κ2) is 12.5. The number of anilines is 1. The zero-order chi connectivity index (χ0) is 31.0. The quantitative estimate of drug-likeness (QED) is 0.329. The molecule has 8 nitrogen and oxygen atoms in total. The van der Waals surface area contributed by atoms with Gasteiger partial charge in [-0.15, -0.1) is 0 Å². The fourth-order valence-electron chi connectivity index (χ4n) is 8.25. The monoisotopic (exact) mass is 600 g/mol. The predicted octanol–water partition coefficient (Wildman–Crippen LogP) is 5.92. The first kappa shape index (κ1) is 30.6. The number of hydrogen-bond acceptors (Lipinski definition) is 5. The summed E-state index contributed by atoms with van der Waals surface area (Å²) in [5.74, 6) is 0.748. The van der Waals surface area contributed by atoms with Gasteiger partial charge in [-0.2, -0.15) is 0 Å². The number of aromatic nitrogens is 1. The third kappa shape index (κ3) is 5.96. The molecule has 2 aromatic rings. The minimum Gasteiger partial charge on any atom is -0.385 e. The van der Waals surface area contributed by atoms with E-state index in [1.807, 2.05) is 34.5 Å². The molecular formula is C36H48N4O4. The van der Waals surface area contributed by atoms with Crippen LogP contribution in [-0.2, 0) is 27.3 Å². The largest absolute Gasteiger partial charge is 0.385 e. The summed E-state index contributed by atoms with van der Waals surface area (Å²) in [5, 5.41) is 4.55. The molecule has 0 unspecified atom stereocenters. The van der Waals surface area contributed by atoms with Gasteiger partial charge in [-0.3, -0.25) is 19.2 Å². The van der Waals surface area contributed by atoms with Crippen LogP contribution in [0.1, 0.15) is 100 Å². The maximum Gasteiger partial charge on any atom is 0.243 e. The summed E-state index contributed by atoms with van der Waals surface area (Å²) in [5.41, 5.74) is 3.39. The molecule has 4 aliphatic rings. The van der Waals surface area contributed by atoms with E-state index < -0.39 is 6.04 Å². The topological polar surface area (TPSA) is 91.7 Å². The number of piperidine rings is 1. The van der Waals surface area contributed by atoms with Crippen molar-refractivity contribution in [2.24, 2.45) is 11.3 Å². The number of Topliss-reactive ketones (excluding diaryl/α,β-unsaturated/α-hetero) is 2. The SMILES string of the molecule is CCC(=O)[C@@H]1C[C@@]23C[C@H]2N1C(=O)Cn1cc(C(C)=O)c2cc(NCC4CCCCC4)cc(c21)C/C=C/CCCC(=O)N(C)C3. The maximum absolute atomic E-state index is 14.2. The molecule has 8 heteroatoms. The molecule has 236 valence electrons. The van der Waals surface area contributed by atoms with E-state index in [1.165, 1.54) is 32.1 Å². The summed E-state index contributed by atoms with van der Waals surface area (Å²) in [6.45, 7) is 5.01. The van der Waals surface area contributed by atoms with Crippen LogP contribution in [0, 0.1) is 11.3 Å². The minimum absolute atomic E-state index is 0.0246. The van der Waals surface area contributed by atoms with Crippen LogP contribution in [0.2, 0.25) is 0 Å². The third-order valence-corrected chi connectivity index (χ3v) is 10.7. The molecule has 6 rings (SSSR count). The Bertz CT molecular complexity index is 1480. The van der Waals surface area contributed by atoms with Gasteiger partial charge in [0.15, 0.2) is 11.6 Å². The number of ketones is 2. The van der Waals surface area contributed by atoms with Crippen molar-refractivity contribution < 1.29 is 19.2 Å². The molecule has 1 N–H and O–H groups in total. The van der Waals surface area contributed by atoms with Crippen LogP contribution < -0.4 is 5.32 Å². The zero-order valence-corrected chi connectivity index (χ0v) is 26.7. The summed E-state index contributed by atoms with van der Waals surface area (Å²) >= 11 is 0. The van der Waals surface area contributed by atoms with Crippen molar-refractivity contribution in [3.05, 3.63) is 41.6 Å². The third-order valence-electron chi connectivity index (χ3n) is 10.7. The predicted molar refractivity (Wildman–Crippen MR) is 173 cm³/mol. The number of rotatable bonds is 6. The van der Waals surface area contributed by atoms with Gasteiger partial charge >= 0.3 is 0 Å². The zero-order valence-electron chi connectivity index (χ0n) is 26.7. The van der Waals surface area contributed by atoms with Crippen molar-refractivity contribution in [3.63, 3.8) is 0 Å². The number of amides is 2. The Morgan fingerprint density at radius 3 is 2.57 bits per heavy atom. The van der Waals surface area contributed by atoms with Gasteiger partial charge in [-0.25, -0.2) is 0 Å². The Morgan fingerprint density at radius 1 is 1.02 bits per heavy atom. The molecule has 2 amide bonds. The Morgan fingerprint density at radius 2 is 1.82 bits per heavy atom. The van der Waals surface area contributed by atoms with Crippen molar-refractivity contribution in [1.29, 1.82) is 0 Å². The van der Waals surface area contributed by atoms with Crippen LogP contribution >= 0.6 is 0 Å². The van der Waals surface area contributed by atoms with Crippen LogP contribution in [-0.4, -0.2) is 70.0 Å². The van der Waals surface area contributed by atoms with E-state index in [1.54, 1.807) is 6.92 Å². The number of benzene rings is 1. The highest BCUT2D eigenvalue weighted by molar-refractivity contribution is 6.09. The van der Waals surface area contributed by atoms with Gasteiger partial charge in [0.25, 0.3) is 0 Å². The van der Waals surface area contributed by atoms with Crippen molar-refractivity contribution in [2.45, 2.75) is 110 Å². The minimum atomic E-state index is -0.458. The normalized spacial score (nSPS) is 27.2. The number of nitrogens with zero attached hydrogens (tertiary/aromatic N) is 3. The Balaban J connectivity index is 1.38. The van der Waals surface area contributed by atoms with E-state index in [2.05, 4.69) is 29.6 Å². The Labute approximate surface area is 261 Å². The molecule has 1 aromatic carbocycles. The standard InChI is InChI=1S/C36H48N4O4/c1-4-31(42)30-18-36-19-32(36)40(30)34(44)22-39-21-29(24(2)41)28-17-27(37-20-25-12-8-7-9-13-25)16-26(35(28)39)14-10-5-6-11-15-33(43)38(3)23-36/h5,10,16-17,21,25,30,32,37H,4,6-9,11-15,18-20,22-23H2,1-3H3/b10-5+/t30-,32+,36-/m0/s1. The summed E-state index contributed by atoms with van der Waals surface area (Å²) in [6.07, 6.45) is 17.1. The Kier molecular flexibility index (Phi) is 8.71. The second-order valence-electron chi connectivity index (χ2n) is 13.9. The van der Waals surface area contributed by atoms with E-state index in [4.69, 9.17) is 0 Å². The highest BCUT2D eigenvalue weighted by atomic mass is 16.2. The van der Waals surface area contributed by atoms with E-state index in [9.17, 15) is 19.2 Å². The smallest absolute Gasteiger partial charge is 0.243 e. The van der Waals surface area contributed by atoms with E-state index >= 15 is 0 Å². The summed E-state index contributed by atoms with van der Waals surface area (Å²) < 4.78 is 1.95. The van der Waals surface area contributed by atoms with Crippen molar-refractivity contribution in [3.8, 4) is 0 Å². The van der Waals surface area contributed by atoms with E-state index in [0.717, 1.165) is 48.0 Å². The summed E-state index contributed by atoms with van der Waals surface area (Å²) in [6, 6.07) is 3.77. The number of carbonyl (C=O) groups excluding carboxylic acids is 4. The lowest BCUT2D eigenvalue weighted by Crippen LogP contribution is -2.44. The average Bonchev–Trinajstić information content (AvgIpc) is 3.41. The molecule has 1 saturated heterocycles. The van der Waals surface area contributed by atoms with Crippen LogP contribution in [0.3, 0.4) is 0 Å². The fraction of sp³-hybridized carbons (Fsp3) is 0.611. The molecule has 3 heterocycles. The molecule has 2 bridgehead atoms. The summed E-state index contributed by atoms with van der Waals surface area (Å²) in [4.78, 5) is 56.9. The molecule has 44 heavy (non-hydrogen) atoms. The van der Waals surface area contributed by atoms with Crippen molar-refractivity contribution >= 4 is 40.0 Å². The van der Waals surface area contributed by atoms with Gasteiger partial charge in [0, 0.05) is 67.3 Å². The van der Waals surface area contributed by atoms with Crippen molar-refractivity contribution in [1.82, 2.24) is 14.4 Å². The van der Waals surface area contributed by atoms with Crippen LogP contribution in [0.4, 0.5) is 5.69 Å². The van der Waals surface area contributed by atoms with Crippen LogP contribution in [0.15, 0.2) is 30.5 Å². The molecule has 0 radical (unpaired) electrons. The van der Waals surface area contributed by atoms with Gasteiger partial charge in [0.05, 0.1) is 11.6 Å². The lowest BCUT2D eigenvalue weighted by atomic mass is 9.89. The van der Waals surface area contributed by atoms with Gasteiger partial charge in [0.1, 0.15) is 6.54 Å². The van der Waals surface area contributed by atoms with Crippen LogP contribution in [0.5, 0.6) is 0 Å². The number of carbonyl (C=O) groups is 4.